The third kappa shape index (κ3) is 12.0. The number of aryl methyl sites for hydroxylation is 1. The van der Waals surface area contributed by atoms with E-state index in [-0.39, 0.29) is 23.4 Å². The van der Waals surface area contributed by atoms with E-state index in [2.05, 4.69) is 31.9 Å². The van der Waals surface area contributed by atoms with Crippen LogP contribution in [0.15, 0.2) is 57.7 Å². The molecule has 0 aliphatic carbocycles. The highest BCUT2D eigenvalue weighted by molar-refractivity contribution is 5.99. The summed E-state index contributed by atoms with van der Waals surface area (Å²) in [6, 6.07) is 6.78. The zero-order valence-electron chi connectivity index (χ0n) is 29.2. The van der Waals surface area contributed by atoms with Crippen molar-refractivity contribution in [2.45, 2.75) is 71.6 Å². The van der Waals surface area contributed by atoms with Crippen molar-refractivity contribution in [3.05, 3.63) is 70.1 Å². The van der Waals surface area contributed by atoms with E-state index < -0.39 is 90.1 Å². The number of phenolic OH excluding ortho intramolecular Hbond substituents is 1. The molecule has 0 aliphatic heterocycles. The van der Waals surface area contributed by atoms with Gasteiger partial charge in [-0.15, -0.1) is 0 Å². The molecule has 3 aromatic rings. The third-order valence-corrected chi connectivity index (χ3v) is 7.74. The lowest BCUT2D eigenvalue weighted by molar-refractivity contribution is -0.141. The summed E-state index contributed by atoms with van der Waals surface area (Å²) < 4.78 is 5.16. The number of hydrogen-bond acceptors (Lipinski definition) is 10. The van der Waals surface area contributed by atoms with E-state index in [0.717, 1.165) is 0 Å². The number of hydrogen-bond donors (Lipinski definition) is 8. The number of fused-ring (bicyclic) bond motifs is 1. The van der Waals surface area contributed by atoms with Gasteiger partial charge in [-0.2, -0.15) is 0 Å². The number of aliphatic carboxylic acids is 1. The van der Waals surface area contributed by atoms with E-state index in [1.807, 2.05) is 0 Å². The van der Waals surface area contributed by atoms with Crippen molar-refractivity contribution in [3.63, 3.8) is 0 Å². The van der Waals surface area contributed by atoms with Crippen molar-refractivity contribution in [1.82, 2.24) is 26.6 Å². The van der Waals surface area contributed by atoms with Gasteiger partial charge in [-0.05, 0) is 55.2 Å². The van der Waals surface area contributed by atoms with Gasteiger partial charge in [-0.25, -0.2) is 4.79 Å². The fourth-order valence-electron chi connectivity index (χ4n) is 5.06. The maximum Gasteiger partial charge on any atom is 0.336 e. The van der Waals surface area contributed by atoms with Crippen molar-refractivity contribution in [3.8, 4) is 5.75 Å². The van der Waals surface area contributed by atoms with E-state index >= 15 is 0 Å². The van der Waals surface area contributed by atoms with Crippen LogP contribution in [-0.2, 0) is 40.0 Å². The molecule has 8 N–H and O–H groups in total. The topological polar surface area (TPSA) is 262 Å². The van der Waals surface area contributed by atoms with E-state index in [1.165, 1.54) is 38.1 Å². The number of carbonyl (C=O) groups is 7. The highest BCUT2D eigenvalue weighted by Crippen LogP contribution is 2.20. The second-order valence-corrected chi connectivity index (χ2v) is 12.5. The molecule has 0 spiro atoms. The van der Waals surface area contributed by atoms with Crippen molar-refractivity contribution in [2.24, 2.45) is 5.92 Å². The molecule has 0 bridgehead atoms. The van der Waals surface area contributed by atoms with Gasteiger partial charge >= 0.3 is 11.6 Å². The Morgan fingerprint density at radius 3 is 2.08 bits per heavy atom. The molecule has 3 rings (SSSR count). The normalized spacial score (nSPS) is 13.2. The highest BCUT2D eigenvalue weighted by Gasteiger charge is 2.32. The summed E-state index contributed by atoms with van der Waals surface area (Å²) in [6.45, 7) is 6.93. The molecule has 17 heteroatoms. The molecule has 0 unspecified atom stereocenters. The van der Waals surface area contributed by atoms with Gasteiger partial charge in [-0.1, -0.05) is 26.0 Å². The smallest absolute Gasteiger partial charge is 0.336 e. The number of phenols is 1. The van der Waals surface area contributed by atoms with Crippen LogP contribution < -0.4 is 37.5 Å². The van der Waals surface area contributed by atoms with Crippen LogP contribution in [0.5, 0.6) is 5.75 Å². The molecule has 52 heavy (non-hydrogen) atoms. The number of amides is 6. The molecule has 0 fully saturated rings. The zero-order chi connectivity index (χ0) is 38.7. The second kappa shape index (κ2) is 18.1. The fraction of sp³-hybridized carbons (Fsp3) is 0.371. The molecule has 0 saturated heterocycles. The Kier molecular flexibility index (Phi) is 14.0. The summed E-state index contributed by atoms with van der Waals surface area (Å²) >= 11 is 0. The Morgan fingerprint density at radius 2 is 1.46 bits per heavy atom. The zero-order valence-corrected chi connectivity index (χ0v) is 29.2. The predicted molar refractivity (Wildman–Crippen MR) is 187 cm³/mol. The first kappa shape index (κ1) is 40.2. The largest absolute Gasteiger partial charge is 0.508 e. The second-order valence-electron chi connectivity index (χ2n) is 12.5. The van der Waals surface area contributed by atoms with Gasteiger partial charge in [0.1, 0.15) is 35.5 Å². The van der Waals surface area contributed by atoms with Crippen LogP contribution >= 0.6 is 0 Å². The van der Waals surface area contributed by atoms with Gasteiger partial charge in [-0.3, -0.25) is 33.6 Å². The minimum atomic E-state index is -1.63. The minimum absolute atomic E-state index is 0.0170. The lowest BCUT2D eigenvalue weighted by Gasteiger charge is -2.27. The number of aromatic hydroxyl groups is 1. The molecular weight excluding hydrogens is 680 g/mol. The van der Waals surface area contributed by atoms with Gasteiger partial charge in [0, 0.05) is 36.6 Å². The molecule has 1 heterocycles. The summed E-state index contributed by atoms with van der Waals surface area (Å²) in [5.41, 5.74) is 1.23. The summed E-state index contributed by atoms with van der Waals surface area (Å²) in [7, 11) is 0. The van der Waals surface area contributed by atoms with Gasteiger partial charge in [0.05, 0.1) is 13.0 Å². The standard InChI is InChI=1S/C35H42N6O11/c1-17(2)31(41-34(50)25(38-20(5)42)13-21-6-9-23(43)10-7-21)35(51)37-19(4)32(48)40-26(15-29(45)46)33(49)36-16-28(44)39-22-8-11-24-18(3)12-30(47)52-27(24)14-22/h6-12,14,17,19,25-26,31,43H,13,15-16H2,1-5H3,(H,36,49)(H,37,51)(H,38,42)(H,39,44)(H,40,48)(H,41,50)(H,45,46)/t19-,25+,26-,31-/m1/s1. The van der Waals surface area contributed by atoms with Crippen LogP contribution in [0.1, 0.15) is 45.2 Å². The maximum absolute atomic E-state index is 13.2. The van der Waals surface area contributed by atoms with Crippen LogP contribution in [0.25, 0.3) is 11.0 Å². The first-order valence-electron chi connectivity index (χ1n) is 16.2. The molecule has 278 valence electrons. The number of carboxylic acid groups (broad SMARTS) is 1. The maximum atomic E-state index is 13.2. The summed E-state index contributed by atoms with van der Waals surface area (Å²) in [6.07, 6.45) is -0.798. The number of rotatable bonds is 16. The quantitative estimate of drug-likeness (QED) is 0.0927. The number of benzene rings is 2. The van der Waals surface area contributed by atoms with Crippen LogP contribution in [0.3, 0.4) is 0 Å². The predicted octanol–water partition coefficient (Wildman–Crippen LogP) is 0.214. The van der Waals surface area contributed by atoms with Gasteiger partial charge < -0.3 is 46.5 Å². The van der Waals surface area contributed by atoms with Crippen LogP contribution in [0.4, 0.5) is 5.69 Å². The monoisotopic (exact) mass is 722 g/mol. The minimum Gasteiger partial charge on any atom is -0.508 e. The Balaban J connectivity index is 1.60. The van der Waals surface area contributed by atoms with E-state index in [1.54, 1.807) is 45.0 Å². The SMILES string of the molecule is CC(=O)N[C@@H](Cc1ccc(O)cc1)C(=O)N[C@@H](C(=O)N[C@H](C)C(=O)N[C@H](CC(=O)O)C(=O)NCC(=O)Nc1ccc2c(C)cc(=O)oc2c1)C(C)C. The lowest BCUT2D eigenvalue weighted by Crippen LogP contribution is -2.59. The molecule has 6 amide bonds. The Hall–Kier alpha value is -6.26. The van der Waals surface area contributed by atoms with Crippen molar-refractivity contribution in [2.75, 3.05) is 11.9 Å². The van der Waals surface area contributed by atoms with Crippen molar-refractivity contribution < 1.29 is 48.2 Å². The number of carbonyl (C=O) groups excluding carboxylic acids is 6. The third-order valence-electron chi connectivity index (χ3n) is 7.74. The lowest BCUT2D eigenvalue weighted by atomic mass is 10.0. The Morgan fingerprint density at radius 1 is 0.788 bits per heavy atom. The molecule has 0 saturated carbocycles. The van der Waals surface area contributed by atoms with Crippen LogP contribution in [0.2, 0.25) is 0 Å². The Labute approximate surface area is 297 Å². The fourth-order valence-corrected chi connectivity index (χ4v) is 5.06. The van der Waals surface area contributed by atoms with E-state index in [9.17, 15) is 48.6 Å². The molecule has 0 aliphatic rings. The summed E-state index contributed by atoms with van der Waals surface area (Å²) in [5, 5.41) is 34.2. The van der Waals surface area contributed by atoms with Crippen LogP contribution in [-0.4, -0.2) is 82.3 Å². The highest BCUT2D eigenvalue weighted by atomic mass is 16.4. The molecule has 4 atom stereocenters. The average Bonchev–Trinajstić information content (AvgIpc) is 3.05. The molecule has 2 aromatic carbocycles. The van der Waals surface area contributed by atoms with Gasteiger partial charge in [0.15, 0.2) is 0 Å². The first-order chi connectivity index (χ1) is 24.4. The van der Waals surface area contributed by atoms with E-state index in [4.69, 9.17) is 4.42 Å². The Bertz CT molecular complexity index is 1890. The summed E-state index contributed by atoms with van der Waals surface area (Å²) in [5.74, 6) is -6.46. The van der Waals surface area contributed by atoms with Gasteiger partial charge in [0.25, 0.3) is 0 Å². The molecule has 17 nitrogen and oxygen atoms in total. The van der Waals surface area contributed by atoms with Crippen molar-refractivity contribution >= 4 is 58.1 Å². The number of carboxylic acids is 1. The number of nitrogens with one attached hydrogen (secondary N) is 6. The number of anilines is 1. The van der Waals surface area contributed by atoms with Crippen LogP contribution in [0, 0.1) is 12.8 Å². The molecular formula is C35H42N6O11. The molecule has 1 aromatic heterocycles. The average molecular weight is 723 g/mol. The van der Waals surface area contributed by atoms with E-state index in [0.29, 0.717) is 16.5 Å². The summed E-state index contributed by atoms with van der Waals surface area (Å²) in [4.78, 5) is 100.0. The van der Waals surface area contributed by atoms with Gasteiger partial charge in [0.2, 0.25) is 35.4 Å². The molecule has 0 radical (unpaired) electrons. The van der Waals surface area contributed by atoms with Crippen molar-refractivity contribution in [1.29, 1.82) is 0 Å². The first-order valence-corrected chi connectivity index (χ1v) is 16.2.